The van der Waals surface area contributed by atoms with Gasteiger partial charge in [-0.05, 0) is 97.3 Å². The van der Waals surface area contributed by atoms with Crippen LogP contribution in [0.2, 0.25) is 0 Å². The molecule has 0 radical (unpaired) electrons. The van der Waals surface area contributed by atoms with Gasteiger partial charge < -0.3 is 35.5 Å². The van der Waals surface area contributed by atoms with Gasteiger partial charge in [-0.1, -0.05) is 25.1 Å². The smallest absolute Gasteiger partial charge is 0.407 e. The first-order valence-corrected chi connectivity index (χ1v) is 20.0. The highest BCUT2D eigenvalue weighted by Crippen LogP contribution is 2.43. The fourth-order valence-electron chi connectivity index (χ4n) is 6.35. The zero-order chi connectivity index (χ0) is 42.1. The van der Waals surface area contributed by atoms with Crippen molar-refractivity contribution < 1.29 is 38.2 Å². The van der Waals surface area contributed by atoms with Gasteiger partial charge in [-0.3, -0.25) is 19.4 Å². The zero-order valence-corrected chi connectivity index (χ0v) is 34.3. The number of aromatic nitrogens is 2. The first kappa shape index (κ1) is 42.0. The Morgan fingerprint density at radius 3 is 2.44 bits per heavy atom. The van der Waals surface area contributed by atoms with E-state index in [1.165, 1.54) is 24.5 Å². The van der Waals surface area contributed by atoms with Gasteiger partial charge in [-0.25, -0.2) is 14.6 Å². The largest absolute Gasteiger partial charge is 0.493 e. The molecular weight excluding hydrogens is 773 g/mol. The van der Waals surface area contributed by atoms with Crippen molar-refractivity contribution >= 4 is 46.8 Å². The summed E-state index contributed by atoms with van der Waals surface area (Å²) in [5.74, 6) is -1.62. The van der Waals surface area contributed by atoms with E-state index in [1.54, 1.807) is 75.6 Å². The summed E-state index contributed by atoms with van der Waals surface area (Å²) in [6.07, 6.45) is 3.95. The summed E-state index contributed by atoms with van der Waals surface area (Å²) in [4.78, 5) is 76.3. The van der Waals surface area contributed by atoms with Crippen molar-refractivity contribution in [2.45, 2.75) is 65.6 Å². The summed E-state index contributed by atoms with van der Waals surface area (Å²) >= 11 is 1.52. The number of rotatable bonds is 13. The van der Waals surface area contributed by atoms with Crippen molar-refractivity contribution in [1.82, 2.24) is 25.9 Å². The number of benzene rings is 2. The Labute approximate surface area is 346 Å². The molecule has 14 nitrogen and oxygen atoms in total. The molecule has 5 aromatic rings. The summed E-state index contributed by atoms with van der Waals surface area (Å²) in [6.45, 7) is 8.37. The summed E-state index contributed by atoms with van der Waals surface area (Å²) < 4.78 is 16.7. The maximum Gasteiger partial charge on any atom is 0.407 e. The molecule has 4 heterocycles. The molecule has 0 unspecified atom stereocenters. The molecule has 1 aliphatic rings. The zero-order valence-electron chi connectivity index (χ0n) is 33.5. The van der Waals surface area contributed by atoms with Crippen molar-refractivity contribution in [2.75, 3.05) is 25.6 Å². The Kier molecular flexibility index (Phi) is 13.4. The number of esters is 1. The lowest BCUT2D eigenvalue weighted by Crippen LogP contribution is -2.32. The number of anilines is 1. The maximum atomic E-state index is 14.7. The number of nitrogens with one attached hydrogen (secondary N) is 4. The molecule has 1 aliphatic heterocycles. The molecule has 2 aromatic carbocycles. The number of hydrogen-bond acceptors (Lipinski definition) is 11. The standard InChI is InChI=1S/C44H46N6O8S/c1-6-15-46-41(53)35-12-10-30(38(49-35)42(54)56-5)31-22-36-33(39-28(13-17-57-36)14-18-59-39)21-32(31)40(52)50-34-11-9-26(24-48-43(55)58-44(2,3)4)19-29(34)20-37(51)47-25-27-8-7-16-45-23-27/h7-12,14,16,18-19,21-23H,6,13,15,17,20,24-25H2,1-5H3,(H,46,53)(H,47,51)(H,48,55)(H,50,52). The minimum atomic E-state index is -0.803. The van der Waals surface area contributed by atoms with Crippen LogP contribution in [-0.2, 0) is 40.2 Å². The van der Waals surface area contributed by atoms with E-state index in [1.807, 2.05) is 24.4 Å². The molecule has 6 rings (SSSR count). The molecule has 4 N–H and O–H groups in total. The minimum absolute atomic E-state index is 0.00975. The van der Waals surface area contributed by atoms with Gasteiger partial charge in [0.25, 0.3) is 11.8 Å². The fraction of sp³-hybridized carbons (Fsp3) is 0.295. The highest BCUT2D eigenvalue weighted by molar-refractivity contribution is 7.13. The Balaban J connectivity index is 1.40. The first-order chi connectivity index (χ1) is 28.3. The highest BCUT2D eigenvalue weighted by atomic mass is 32.1. The van der Waals surface area contributed by atoms with Gasteiger partial charge in [0, 0.05) is 71.3 Å². The number of methoxy groups -OCH3 is 1. The molecule has 59 heavy (non-hydrogen) atoms. The van der Waals surface area contributed by atoms with E-state index in [9.17, 15) is 24.0 Å². The molecule has 3 aromatic heterocycles. The van der Waals surface area contributed by atoms with Gasteiger partial charge in [-0.2, -0.15) is 0 Å². The van der Waals surface area contributed by atoms with Crippen LogP contribution in [-0.4, -0.2) is 65.6 Å². The molecule has 0 aliphatic carbocycles. The number of thiophene rings is 1. The normalized spacial score (nSPS) is 11.8. The van der Waals surface area contributed by atoms with E-state index in [2.05, 4.69) is 31.2 Å². The highest BCUT2D eigenvalue weighted by Gasteiger charge is 2.28. The number of pyridine rings is 2. The molecular formula is C44H46N6O8S. The number of hydrogen-bond donors (Lipinski definition) is 4. The van der Waals surface area contributed by atoms with Crippen LogP contribution in [0.15, 0.2) is 78.4 Å². The third-order valence-electron chi connectivity index (χ3n) is 9.13. The van der Waals surface area contributed by atoms with Crippen LogP contribution in [0.5, 0.6) is 5.75 Å². The lowest BCUT2D eigenvalue weighted by Gasteiger charge is -2.20. The number of ether oxygens (including phenoxy) is 3. The Hall–Kier alpha value is -6.61. The Morgan fingerprint density at radius 2 is 1.69 bits per heavy atom. The van der Waals surface area contributed by atoms with Gasteiger partial charge in [-0.15, -0.1) is 11.3 Å². The van der Waals surface area contributed by atoms with E-state index >= 15 is 0 Å². The van der Waals surface area contributed by atoms with Crippen LogP contribution < -0.4 is 26.0 Å². The molecule has 0 bridgehead atoms. The van der Waals surface area contributed by atoms with E-state index in [-0.39, 0.29) is 47.9 Å². The predicted molar refractivity (Wildman–Crippen MR) is 223 cm³/mol. The van der Waals surface area contributed by atoms with Crippen LogP contribution in [0, 0.1) is 0 Å². The second-order valence-electron chi connectivity index (χ2n) is 14.7. The second-order valence-corrected chi connectivity index (χ2v) is 15.6. The molecule has 0 atom stereocenters. The Bertz CT molecular complexity index is 2370. The van der Waals surface area contributed by atoms with Crippen LogP contribution >= 0.6 is 11.3 Å². The SMILES string of the molecule is CCCNC(=O)c1ccc(-c2cc3c(cc2C(=O)Nc2ccc(CNC(=O)OC(C)(C)C)cc2CC(=O)NCc2cccnc2)-c2sccc2CCO3)c(C(=O)OC)n1. The summed E-state index contributed by atoms with van der Waals surface area (Å²) in [5, 5.41) is 13.4. The van der Waals surface area contributed by atoms with Crippen LogP contribution in [0.25, 0.3) is 21.6 Å². The van der Waals surface area contributed by atoms with E-state index in [4.69, 9.17) is 14.2 Å². The van der Waals surface area contributed by atoms with E-state index in [0.717, 1.165) is 16.0 Å². The monoisotopic (exact) mass is 818 g/mol. The van der Waals surface area contributed by atoms with Crippen LogP contribution in [0.3, 0.4) is 0 Å². The number of carbonyl (C=O) groups excluding carboxylic acids is 5. The van der Waals surface area contributed by atoms with E-state index in [0.29, 0.717) is 59.7 Å². The van der Waals surface area contributed by atoms with Crippen LogP contribution in [0.1, 0.15) is 87.7 Å². The molecule has 0 saturated carbocycles. The van der Waals surface area contributed by atoms with Gasteiger partial charge in [0.2, 0.25) is 5.91 Å². The summed E-state index contributed by atoms with van der Waals surface area (Å²) in [5.41, 5.74) is 3.94. The van der Waals surface area contributed by atoms with Crippen molar-refractivity contribution in [3.05, 3.63) is 118 Å². The van der Waals surface area contributed by atoms with Crippen LogP contribution in [0.4, 0.5) is 10.5 Å². The topological polar surface area (TPSA) is 187 Å². The molecule has 0 saturated heterocycles. The number of nitrogens with zero attached hydrogens (tertiary/aromatic N) is 2. The van der Waals surface area contributed by atoms with Crippen molar-refractivity contribution in [1.29, 1.82) is 0 Å². The summed E-state index contributed by atoms with van der Waals surface area (Å²) in [7, 11) is 1.21. The molecule has 0 spiro atoms. The maximum absolute atomic E-state index is 14.7. The van der Waals surface area contributed by atoms with Gasteiger partial charge in [0.1, 0.15) is 17.0 Å². The minimum Gasteiger partial charge on any atom is -0.493 e. The average molecular weight is 819 g/mol. The number of amides is 4. The lowest BCUT2D eigenvalue weighted by molar-refractivity contribution is -0.120. The van der Waals surface area contributed by atoms with Gasteiger partial charge in [0.15, 0.2) is 5.69 Å². The predicted octanol–water partition coefficient (Wildman–Crippen LogP) is 6.87. The quantitative estimate of drug-likeness (QED) is 0.0914. The summed E-state index contributed by atoms with van der Waals surface area (Å²) in [6, 6.07) is 17.3. The van der Waals surface area contributed by atoms with Crippen molar-refractivity contribution in [2.24, 2.45) is 0 Å². The third-order valence-corrected chi connectivity index (χ3v) is 10.1. The average Bonchev–Trinajstić information content (AvgIpc) is 3.62. The van der Waals surface area contributed by atoms with Gasteiger partial charge >= 0.3 is 12.1 Å². The Morgan fingerprint density at radius 1 is 0.881 bits per heavy atom. The molecule has 306 valence electrons. The third kappa shape index (κ3) is 10.7. The molecule has 4 amide bonds. The number of alkyl carbamates (subject to hydrolysis) is 1. The van der Waals surface area contributed by atoms with Crippen molar-refractivity contribution in [3.8, 4) is 27.3 Å². The first-order valence-electron chi connectivity index (χ1n) is 19.1. The number of fused-ring (bicyclic) bond motifs is 3. The van der Waals surface area contributed by atoms with E-state index < -0.39 is 29.5 Å². The van der Waals surface area contributed by atoms with Crippen molar-refractivity contribution in [3.63, 3.8) is 0 Å². The van der Waals surface area contributed by atoms with Gasteiger partial charge in [0.05, 0.1) is 20.1 Å². The number of carbonyl (C=O) groups is 5. The molecule has 15 heteroatoms. The fourth-order valence-corrected chi connectivity index (χ4v) is 7.33. The second kappa shape index (κ2) is 18.8. The molecule has 0 fully saturated rings. The lowest BCUT2D eigenvalue weighted by atomic mass is 9.93.